The van der Waals surface area contributed by atoms with Gasteiger partial charge in [-0.1, -0.05) is 37.3 Å². The monoisotopic (exact) mass is 237 g/mol. The Morgan fingerprint density at radius 2 is 2.06 bits per heavy atom. The second-order valence-electron chi connectivity index (χ2n) is 3.47. The van der Waals surface area contributed by atoms with E-state index in [4.69, 9.17) is 11.6 Å². The van der Waals surface area contributed by atoms with E-state index in [0.29, 0.717) is 0 Å². The summed E-state index contributed by atoms with van der Waals surface area (Å²) in [6.45, 7) is 2.92. The fraction of sp³-hybridized carbons (Fsp3) is 0.333. The Balaban J connectivity index is 2.47. The average molecular weight is 237 g/mol. The molecule has 0 bridgehead atoms. The zero-order valence-electron chi connectivity index (χ0n) is 9.60. The Hall–Kier alpha value is -1.13. The Morgan fingerprint density at radius 3 is 2.62 bits per heavy atom. The molecule has 0 unspecified atom stereocenters. The molecule has 0 amide bonds. The molecule has 0 aromatic heterocycles. The number of hydrogen-bond acceptors (Lipinski definition) is 4. The first-order chi connectivity index (χ1) is 7.77. The van der Waals surface area contributed by atoms with Gasteiger partial charge < -0.3 is 10.7 Å². The topological polar surface area (TPSA) is 55.3 Å². The molecule has 4 N–H and O–H groups in total. The largest absolute Gasteiger partial charge is 0.402 e. The van der Waals surface area contributed by atoms with Gasteiger partial charge in [-0.05, 0) is 12.0 Å². The summed E-state index contributed by atoms with van der Waals surface area (Å²) in [7, 11) is 0. The Bertz CT molecular complexity index is 324. The van der Waals surface area contributed by atoms with Crippen molar-refractivity contribution in [3.05, 3.63) is 47.1 Å². The van der Waals surface area contributed by atoms with Gasteiger partial charge in [0.25, 0.3) is 0 Å². The minimum Gasteiger partial charge on any atom is -0.402 e. The van der Waals surface area contributed by atoms with Crippen LogP contribution < -0.4 is 11.6 Å². The van der Waals surface area contributed by atoms with E-state index < -0.39 is 0 Å². The van der Waals surface area contributed by atoms with Gasteiger partial charge in [0.2, 0.25) is 0 Å². The van der Waals surface area contributed by atoms with Gasteiger partial charge in [0.1, 0.15) is 5.03 Å². The Labute approximate surface area is 101 Å². The lowest BCUT2D eigenvalue weighted by Gasteiger charge is -2.20. The van der Waals surface area contributed by atoms with Crippen LogP contribution in [-0.2, 0) is 5.75 Å². The van der Waals surface area contributed by atoms with E-state index in [1.807, 2.05) is 18.2 Å². The molecule has 1 rings (SSSR count). The number of nitrogens with zero attached hydrogens (tertiary/aromatic N) is 1. The summed E-state index contributed by atoms with van der Waals surface area (Å²) in [6.07, 6.45) is 2.59. The highest BCUT2D eigenvalue weighted by Gasteiger charge is 2.04. The second-order valence-corrected chi connectivity index (χ2v) is 4.47. The number of benzene rings is 1. The van der Waals surface area contributed by atoms with Crippen LogP contribution in [0.5, 0.6) is 0 Å². The summed E-state index contributed by atoms with van der Waals surface area (Å²) in [6, 6.07) is 10.3. The van der Waals surface area contributed by atoms with E-state index >= 15 is 0 Å². The highest BCUT2D eigenvalue weighted by Crippen LogP contribution is 2.21. The van der Waals surface area contributed by atoms with Gasteiger partial charge in [-0.25, -0.2) is 5.84 Å². The molecule has 88 valence electrons. The third-order valence-electron chi connectivity index (χ3n) is 2.12. The molecule has 3 nitrogen and oxygen atoms in total. The van der Waals surface area contributed by atoms with E-state index in [9.17, 15) is 0 Å². The van der Waals surface area contributed by atoms with Crippen LogP contribution in [0.4, 0.5) is 0 Å². The van der Waals surface area contributed by atoms with Crippen LogP contribution in [0.25, 0.3) is 0 Å². The van der Waals surface area contributed by atoms with Crippen molar-refractivity contribution in [3.8, 4) is 0 Å². The molecule has 0 saturated heterocycles. The Kier molecular flexibility index (Phi) is 5.82. The predicted molar refractivity (Wildman–Crippen MR) is 71.2 cm³/mol. The highest BCUT2D eigenvalue weighted by molar-refractivity contribution is 8.02. The normalized spacial score (nSPS) is 11.5. The van der Waals surface area contributed by atoms with Crippen LogP contribution in [0, 0.1) is 0 Å². The van der Waals surface area contributed by atoms with Crippen molar-refractivity contribution in [3.63, 3.8) is 0 Å². The van der Waals surface area contributed by atoms with E-state index in [1.165, 1.54) is 5.56 Å². The molecule has 0 fully saturated rings. The maximum Gasteiger partial charge on any atom is 0.101 e. The summed E-state index contributed by atoms with van der Waals surface area (Å²) in [5.74, 6) is 6.76. The molecule has 1 aromatic rings. The zero-order chi connectivity index (χ0) is 11.8. The van der Waals surface area contributed by atoms with Crippen LogP contribution in [-0.4, -0.2) is 11.6 Å². The molecule has 4 heteroatoms. The predicted octanol–water partition coefficient (Wildman–Crippen LogP) is 2.26. The van der Waals surface area contributed by atoms with E-state index in [0.717, 1.165) is 23.7 Å². The van der Waals surface area contributed by atoms with E-state index in [2.05, 4.69) is 19.1 Å². The standard InChI is InChI=1S/C12H19N3S/c1-2-8-15(14)12(9-13)16-10-11-6-4-3-5-7-11/h3-7,9H,2,8,10,13-14H2,1H3/b12-9+. The quantitative estimate of drug-likeness (QED) is 0.588. The first-order valence-electron chi connectivity index (χ1n) is 5.38. The SMILES string of the molecule is CCCN(N)/C(=C\N)SCc1ccccc1. The molecule has 0 aliphatic carbocycles. The van der Waals surface area contributed by atoms with Gasteiger partial charge in [-0.2, -0.15) is 0 Å². The number of nitrogens with two attached hydrogens (primary N) is 2. The second kappa shape index (κ2) is 7.19. The van der Waals surface area contributed by atoms with Crippen LogP contribution in [0.1, 0.15) is 18.9 Å². The number of thioether (sulfide) groups is 1. The lowest BCUT2D eigenvalue weighted by atomic mass is 10.2. The third kappa shape index (κ3) is 4.16. The fourth-order valence-electron chi connectivity index (χ4n) is 1.31. The smallest absolute Gasteiger partial charge is 0.101 e. The molecule has 0 saturated carbocycles. The minimum absolute atomic E-state index is 0.824. The number of hydrogen-bond donors (Lipinski definition) is 2. The molecule has 0 heterocycles. The molecule has 0 aliphatic heterocycles. The van der Waals surface area contributed by atoms with E-state index in [-0.39, 0.29) is 0 Å². The zero-order valence-corrected chi connectivity index (χ0v) is 10.4. The Morgan fingerprint density at radius 1 is 1.38 bits per heavy atom. The first-order valence-corrected chi connectivity index (χ1v) is 6.37. The van der Waals surface area contributed by atoms with Crippen molar-refractivity contribution >= 4 is 11.8 Å². The van der Waals surface area contributed by atoms with Gasteiger partial charge >= 0.3 is 0 Å². The van der Waals surface area contributed by atoms with Crippen molar-refractivity contribution in [1.29, 1.82) is 0 Å². The summed E-state index contributed by atoms with van der Waals surface area (Å²) < 4.78 is 0. The van der Waals surface area contributed by atoms with Gasteiger partial charge in [0.15, 0.2) is 0 Å². The fourth-order valence-corrected chi connectivity index (χ4v) is 2.17. The van der Waals surface area contributed by atoms with Gasteiger partial charge in [0, 0.05) is 18.5 Å². The molecule has 16 heavy (non-hydrogen) atoms. The molecular formula is C12H19N3S. The van der Waals surface area contributed by atoms with Gasteiger partial charge in [-0.3, -0.25) is 0 Å². The summed E-state index contributed by atoms with van der Waals surface area (Å²) in [5.41, 5.74) is 6.84. The summed E-state index contributed by atoms with van der Waals surface area (Å²) >= 11 is 1.66. The molecule has 0 spiro atoms. The summed E-state index contributed by atoms with van der Waals surface area (Å²) in [4.78, 5) is 0. The van der Waals surface area contributed by atoms with Crippen molar-refractivity contribution in [2.75, 3.05) is 6.54 Å². The molecule has 0 radical (unpaired) electrons. The average Bonchev–Trinajstić information content (AvgIpc) is 2.31. The molecular weight excluding hydrogens is 218 g/mol. The minimum atomic E-state index is 0.824. The van der Waals surface area contributed by atoms with Crippen LogP contribution in [0.3, 0.4) is 0 Å². The van der Waals surface area contributed by atoms with Gasteiger partial charge in [0.05, 0.1) is 0 Å². The lowest BCUT2D eigenvalue weighted by molar-refractivity contribution is 0.383. The van der Waals surface area contributed by atoms with Crippen molar-refractivity contribution in [2.24, 2.45) is 11.6 Å². The molecule has 0 aliphatic rings. The molecule has 1 aromatic carbocycles. The van der Waals surface area contributed by atoms with Crippen molar-refractivity contribution in [1.82, 2.24) is 5.01 Å². The van der Waals surface area contributed by atoms with Gasteiger partial charge in [-0.15, -0.1) is 11.8 Å². The summed E-state index contributed by atoms with van der Waals surface area (Å²) in [5, 5.41) is 2.62. The number of rotatable bonds is 6. The van der Waals surface area contributed by atoms with Crippen LogP contribution >= 0.6 is 11.8 Å². The third-order valence-corrected chi connectivity index (χ3v) is 3.26. The molecule has 0 atom stereocenters. The van der Waals surface area contributed by atoms with Crippen molar-refractivity contribution in [2.45, 2.75) is 19.1 Å². The first kappa shape index (κ1) is 12.9. The maximum atomic E-state index is 5.87. The van der Waals surface area contributed by atoms with Crippen LogP contribution in [0.15, 0.2) is 41.6 Å². The maximum absolute atomic E-state index is 5.87. The van der Waals surface area contributed by atoms with E-state index in [1.54, 1.807) is 23.0 Å². The van der Waals surface area contributed by atoms with Crippen LogP contribution in [0.2, 0.25) is 0 Å². The number of hydrazine groups is 1. The van der Waals surface area contributed by atoms with Crippen molar-refractivity contribution < 1.29 is 0 Å². The lowest BCUT2D eigenvalue weighted by Crippen LogP contribution is -2.30. The highest BCUT2D eigenvalue weighted by atomic mass is 32.2.